The number of carboxylic acids is 1. The first-order valence-corrected chi connectivity index (χ1v) is 6.33. The van der Waals surface area contributed by atoms with E-state index in [-0.39, 0.29) is 18.4 Å². The van der Waals surface area contributed by atoms with Crippen molar-refractivity contribution in [3.8, 4) is 5.75 Å². The van der Waals surface area contributed by atoms with Gasteiger partial charge in [-0.15, -0.1) is 0 Å². The summed E-state index contributed by atoms with van der Waals surface area (Å²) in [6, 6.07) is 5.54. The first kappa shape index (κ1) is 14.1. The Morgan fingerprint density at radius 3 is 2.70 bits per heavy atom. The summed E-state index contributed by atoms with van der Waals surface area (Å²) in [7, 11) is 3.27. The third-order valence-electron chi connectivity index (χ3n) is 3.57. The number of hydrogen-bond donors (Lipinski definition) is 1. The number of methoxy groups -OCH3 is 1. The number of hydrogen-bond acceptors (Lipinski definition) is 3. The standard InChI is InChI=1S/C15H17NO4/c1-9-11-5-4-10(20-3)8-13(11)16(2)15(19)12(9)6-7-14(17)18/h4-5,8H,6-7H2,1-3H3,(H,17,18). The van der Waals surface area contributed by atoms with Crippen LogP contribution in [0, 0.1) is 6.92 Å². The molecule has 1 heterocycles. The molecule has 0 radical (unpaired) electrons. The number of aliphatic carboxylic acids is 1. The normalized spacial score (nSPS) is 10.8. The smallest absolute Gasteiger partial charge is 0.303 e. The number of rotatable bonds is 4. The maximum absolute atomic E-state index is 12.3. The molecule has 0 aliphatic rings. The number of ether oxygens (including phenoxy) is 1. The van der Waals surface area contributed by atoms with E-state index in [1.54, 1.807) is 18.7 Å². The van der Waals surface area contributed by atoms with Crippen LogP contribution in [-0.2, 0) is 18.3 Å². The van der Waals surface area contributed by atoms with Crippen molar-refractivity contribution in [3.05, 3.63) is 39.7 Å². The maximum Gasteiger partial charge on any atom is 0.303 e. The fourth-order valence-electron chi connectivity index (χ4n) is 2.39. The van der Waals surface area contributed by atoms with Crippen LogP contribution in [0.25, 0.3) is 10.9 Å². The molecule has 0 aliphatic carbocycles. The number of nitrogens with zero attached hydrogens (tertiary/aromatic N) is 1. The fraction of sp³-hybridized carbons (Fsp3) is 0.333. The summed E-state index contributed by atoms with van der Waals surface area (Å²) in [6.45, 7) is 1.85. The average molecular weight is 275 g/mol. The van der Waals surface area contributed by atoms with Gasteiger partial charge in [0, 0.05) is 30.5 Å². The molecule has 0 saturated heterocycles. The predicted octanol–water partition coefficient (Wildman–Crippen LogP) is 1.87. The Kier molecular flexibility index (Phi) is 3.79. The quantitative estimate of drug-likeness (QED) is 0.925. The van der Waals surface area contributed by atoms with Gasteiger partial charge in [0.05, 0.1) is 12.6 Å². The van der Waals surface area contributed by atoms with E-state index < -0.39 is 5.97 Å². The predicted molar refractivity (Wildman–Crippen MR) is 76.4 cm³/mol. The van der Waals surface area contributed by atoms with Gasteiger partial charge in [0.15, 0.2) is 0 Å². The number of aromatic nitrogens is 1. The van der Waals surface area contributed by atoms with Crippen molar-refractivity contribution < 1.29 is 14.6 Å². The van der Waals surface area contributed by atoms with Gasteiger partial charge in [-0.3, -0.25) is 9.59 Å². The first-order valence-electron chi connectivity index (χ1n) is 6.33. The molecule has 0 spiro atoms. The van der Waals surface area contributed by atoms with Crippen LogP contribution < -0.4 is 10.3 Å². The molecule has 0 atom stereocenters. The Hall–Kier alpha value is -2.30. The number of fused-ring (bicyclic) bond motifs is 1. The van der Waals surface area contributed by atoms with E-state index in [4.69, 9.17) is 9.84 Å². The molecule has 0 fully saturated rings. The second-order valence-corrected chi connectivity index (χ2v) is 4.74. The number of benzene rings is 1. The Bertz CT molecular complexity index is 731. The molecule has 1 aromatic heterocycles. The molecule has 5 heteroatoms. The molecule has 0 saturated carbocycles. The number of carboxylic acid groups (broad SMARTS) is 1. The van der Waals surface area contributed by atoms with Gasteiger partial charge in [0.1, 0.15) is 5.75 Å². The monoisotopic (exact) mass is 275 g/mol. The molecule has 2 aromatic rings. The zero-order chi connectivity index (χ0) is 14.9. The maximum atomic E-state index is 12.3. The summed E-state index contributed by atoms with van der Waals surface area (Å²) in [4.78, 5) is 23.0. The van der Waals surface area contributed by atoms with Crippen molar-refractivity contribution in [2.24, 2.45) is 7.05 Å². The Morgan fingerprint density at radius 2 is 2.10 bits per heavy atom. The van der Waals surface area contributed by atoms with E-state index in [0.717, 1.165) is 16.5 Å². The van der Waals surface area contributed by atoms with Gasteiger partial charge >= 0.3 is 5.97 Å². The average Bonchev–Trinajstić information content (AvgIpc) is 2.44. The Labute approximate surface area is 116 Å². The highest BCUT2D eigenvalue weighted by Gasteiger charge is 2.13. The first-order chi connectivity index (χ1) is 9.45. The van der Waals surface area contributed by atoms with Crippen LogP contribution in [0.5, 0.6) is 5.75 Å². The van der Waals surface area contributed by atoms with Crippen LogP contribution in [0.3, 0.4) is 0 Å². The SMILES string of the molecule is COc1ccc2c(C)c(CCC(=O)O)c(=O)n(C)c2c1. The lowest BCUT2D eigenvalue weighted by Crippen LogP contribution is -2.23. The third-order valence-corrected chi connectivity index (χ3v) is 3.57. The van der Waals surface area contributed by atoms with Crippen molar-refractivity contribution in [2.45, 2.75) is 19.8 Å². The lowest BCUT2D eigenvalue weighted by molar-refractivity contribution is -0.136. The summed E-state index contributed by atoms with van der Waals surface area (Å²) in [6.07, 6.45) is 0.202. The van der Waals surface area contributed by atoms with E-state index in [0.29, 0.717) is 11.3 Å². The van der Waals surface area contributed by atoms with Crippen LogP contribution in [-0.4, -0.2) is 22.8 Å². The minimum absolute atomic E-state index is 0.0439. The van der Waals surface area contributed by atoms with Gasteiger partial charge in [-0.05, 0) is 31.0 Å². The molecule has 106 valence electrons. The van der Waals surface area contributed by atoms with Crippen molar-refractivity contribution in [2.75, 3.05) is 7.11 Å². The van der Waals surface area contributed by atoms with Gasteiger partial charge in [0.2, 0.25) is 0 Å². The highest BCUT2D eigenvalue weighted by Crippen LogP contribution is 2.24. The van der Waals surface area contributed by atoms with E-state index in [9.17, 15) is 9.59 Å². The van der Waals surface area contributed by atoms with Gasteiger partial charge < -0.3 is 14.4 Å². The molecule has 1 N–H and O–H groups in total. The van der Waals surface area contributed by atoms with Crippen molar-refractivity contribution >= 4 is 16.9 Å². The van der Waals surface area contributed by atoms with Crippen molar-refractivity contribution in [1.82, 2.24) is 4.57 Å². The van der Waals surface area contributed by atoms with Gasteiger partial charge in [-0.2, -0.15) is 0 Å². The zero-order valence-corrected chi connectivity index (χ0v) is 11.8. The summed E-state index contributed by atoms with van der Waals surface area (Å²) >= 11 is 0. The van der Waals surface area contributed by atoms with Crippen molar-refractivity contribution in [1.29, 1.82) is 0 Å². The molecule has 2 rings (SSSR count). The minimum Gasteiger partial charge on any atom is -0.497 e. The summed E-state index contributed by atoms with van der Waals surface area (Å²) in [5, 5.41) is 9.72. The minimum atomic E-state index is -0.902. The van der Waals surface area contributed by atoms with Gasteiger partial charge in [-0.25, -0.2) is 0 Å². The van der Waals surface area contributed by atoms with Crippen molar-refractivity contribution in [3.63, 3.8) is 0 Å². The second-order valence-electron chi connectivity index (χ2n) is 4.74. The number of pyridine rings is 1. The van der Waals surface area contributed by atoms with E-state index >= 15 is 0 Å². The third kappa shape index (κ3) is 2.39. The topological polar surface area (TPSA) is 68.5 Å². The summed E-state index contributed by atoms with van der Waals surface area (Å²) < 4.78 is 6.72. The summed E-state index contributed by atoms with van der Waals surface area (Å²) in [5.41, 5.74) is 2.04. The molecule has 1 aromatic carbocycles. The largest absolute Gasteiger partial charge is 0.497 e. The Morgan fingerprint density at radius 1 is 1.40 bits per heavy atom. The molecular formula is C15H17NO4. The Balaban J connectivity index is 2.67. The molecule has 0 amide bonds. The molecule has 0 unspecified atom stereocenters. The lowest BCUT2D eigenvalue weighted by Gasteiger charge is -2.13. The van der Waals surface area contributed by atoms with Crippen LogP contribution in [0.4, 0.5) is 0 Å². The van der Waals surface area contributed by atoms with Crippen LogP contribution in [0.2, 0.25) is 0 Å². The molecular weight excluding hydrogens is 258 g/mol. The van der Waals surface area contributed by atoms with Gasteiger partial charge in [0.25, 0.3) is 5.56 Å². The van der Waals surface area contributed by atoms with Crippen LogP contribution >= 0.6 is 0 Å². The molecule has 0 aliphatic heterocycles. The number of carbonyl (C=O) groups is 1. The molecule has 0 bridgehead atoms. The van der Waals surface area contributed by atoms with Gasteiger partial charge in [-0.1, -0.05) is 0 Å². The zero-order valence-electron chi connectivity index (χ0n) is 11.8. The van der Waals surface area contributed by atoms with Crippen LogP contribution in [0.15, 0.2) is 23.0 Å². The van der Waals surface area contributed by atoms with Crippen LogP contribution in [0.1, 0.15) is 17.5 Å². The number of aryl methyl sites for hydroxylation is 2. The second kappa shape index (κ2) is 5.36. The fourth-order valence-corrected chi connectivity index (χ4v) is 2.39. The molecule has 5 nitrogen and oxygen atoms in total. The highest BCUT2D eigenvalue weighted by atomic mass is 16.5. The molecule has 20 heavy (non-hydrogen) atoms. The van der Waals surface area contributed by atoms with E-state index in [1.807, 2.05) is 25.1 Å². The highest BCUT2D eigenvalue weighted by molar-refractivity contribution is 5.85. The van der Waals surface area contributed by atoms with E-state index in [2.05, 4.69) is 0 Å². The van der Waals surface area contributed by atoms with E-state index in [1.165, 1.54) is 0 Å². The lowest BCUT2D eigenvalue weighted by atomic mass is 10.0. The summed E-state index contributed by atoms with van der Waals surface area (Å²) in [5.74, 6) is -0.216.